The Morgan fingerprint density at radius 2 is 2.04 bits per heavy atom. The number of hydrogen-bond donors (Lipinski definition) is 1. The molecule has 2 heterocycles. The van der Waals surface area contributed by atoms with E-state index in [-0.39, 0.29) is 11.9 Å². The van der Waals surface area contributed by atoms with Crippen molar-refractivity contribution in [1.29, 1.82) is 0 Å². The van der Waals surface area contributed by atoms with E-state index in [1.807, 2.05) is 30.5 Å². The molecular weight excluding hydrogens is 289 g/mol. The maximum absolute atomic E-state index is 14.5. The van der Waals surface area contributed by atoms with Gasteiger partial charge in [-0.2, -0.15) is 0 Å². The minimum Gasteiger partial charge on any atom is -0.369 e. The van der Waals surface area contributed by atoms with Gasteiger partial charge >= 0.3 is 0 Å². The van der Waals surface area contributed by atoms with Crippen molar-refractivity contribution >= 4 is 5.69 Å². The zero-order valence-corrected chi connectivity index (χ0v) is 13.6. The molecule has 0 aliphatic carbocycles. The predicted octanol–water partition coefficient (Wildman–Crippen LogP) is 4.06. The maximum atomic E-state index is 14.5. The molecule has 0 radical (unpaired) electrons. The van der Waals surface area contributed by atoms with E-state index in [0.717, 1.165) is 49.3 Å². The fraction of sp³-hybridized carbons (Fsp3) is 0.421. The van der Waals surface area contributed by atoms with Crippen LogP contribution in [0.3, 0.4) is 0 Å². The zero-order valence-electron chi connectivity index (χ0n) is 13.6. The Kier molecular flexibility index (Phi) is 5.23. The average Bonchev–Trinajstić information content (AvgIpc) is 2.61. The van der Waals surface area contributed by atoms with E-state index in [0.29, 0.717) is 0 Å². The van der Waals surface area contributed by atoms with Crippen molar-refractivity contribution < 1.29 is 4.39 Å². The maximum Gasteiger partial charge on any atom is 0.146 e. The summed E-state index contributed by atoms with van der Waals surface area (Å²) < 4.78 is 14.5. The molecule has 1 aliphatic heterocycles. The van der Waals surface area contributed by atoms with Crippen molar-refractivity contribution in [2.24, 2.45) is 0 Å². The first kappa shape index (κ1) is 15.9. The van der Waals surface area contributed by atoms with E-state index >= 15 is 0 Å². The Morgan fingerprint density at radius 1 is 1.22 bits per heavy atom. The van der Waals surface area contributed by atoms with Crippen LogP contribution in [0.1, 0.15) is 43.4 Å². The molecule has 0 unspecified atom stereocenters. The second-order valence-corrected chi connectivity index (χ2v) is 6.22. The quantitative estimate of drug-likeness (QED) is 0.902. The van der Waals surface area contributed by atoms with E-state index < -0.39 is 0 Å². The van der Waals surface area contributed by atoms with E-state index in [1.54, 1.807) is 12.3 Å². The third-order valence-electron chi connectivity index (χ3n) is 4.50. The lowest BCUT2D eigenvalue weighted by molar-refractivity contribution is 0.547. The SMILES string of the molecule is C[C@H](NCc1cccnc1)c1ccc(N2CCCCC2)c(F)c1. The standard InChI is InChI=1S/C19H24FN3/c1-15(22-14-16-6-5-9-21-13-16)17-7-8-19(18(20)12-17)23-10-3-2-4-11-23/h5-9,12-13,15,22H,2-4,10-11,14H2,1H3/t15-/m0/s1. The number of pyridine rings is 1. The largest absolute Gasteiger partial charge is 0.369 e. The molecule has 1 atom stereocenters. The van der Waals surface area contributed by atoms with Gasteiger partial charge in [-0.1, -0.05) is 12.1 Å². The fourth-order valence-electron chi connectivity index (χ4n) is 3.08. The second kappa shape index (κ2) is 7.55. The summed E-state index contributed by atoms with van der Waals surface area (Å²) in [5.41, 5.74) is 2.85. The molecule has 0 bridgehead atoms. The lowest BCUT2D eigenvalue weighted by atomic mass is 10.1. The molecule has 1 aromatic carbocycles. The van der Waals surface area contributed by atoms with Gasteiger partial charge in [0.05, 0.1) is 5.69 Å². The lowest BCUT2D eigenvalue weighted by Gasteiger charge is -2.29. The monoisotopic (exact) mass is 313 g/mol. The van der Waals surface area contributed by atoms with Crippen molar-refractivity contribution in [2.75, 3.05) is 18.0 Å². The molecular formula is C19H24FN3. The van der Waals surface area contributed by atoms with Gasteiger partial charge in [-0.05, 0) is 55.5 Å². The number of benzene rings is 1. The molecule has 1 aromatic heterocycles. The number of piperidine rings is 1. The van der Waals surface area contributed by atoms with Crippen LogP contribution in [0.4, 0.5) is 10.1 Å². The Balaban J connectivity index is 1.64. The smallest absolute Gasteiger partial charge is 0.146 e. The van der Waals surface area contributed by atoms with E-state index in [2.05, 4.69) is 22.1 Å². The molecule has 1 fully saturated rings. The first-order valence-corrected chi connectivity index (χ1v) is 8.41. The summed E-state index contributed by atoms with van der Waals surface area (Å²) in [6, 6.07) is 9.69. The average molecular weight is 313 g/mol. The van der Waals surface area contributed by atoms with Crippen LogP contribution in [0.25, 0.3) is 0 Å². The Bertz CT molecular complexity index is 624. The minimum absolute atomic E-state index is 0.0973. The number of nitrogens with one attached hydrogen (secondary N) is 1. The number of halogens is 1. The van der Waals surface area contributed by atoms with Crippen LogP contribution >= 0.6 is 0 Å². The minimum atomic E-state index is -0.112. The van der Waals surface area contributed by atoms with Crippen molar-refractivity contribution in [3.63, 3.8) is 0 Å². The lowest BCUT2D eigenvalue weighted by Crippen LogP contribution is -2.30. The summed E-state index contributed by atoms with van der Waals surface area (Å²) in [6.07, 6.45) is 7.18. The van der Waals surface area contributed by atoms with Crippen molar-refractivity contribution in [1.82, 2.24) is 10.3 Å². The van der Waals surface area contributed by atoms with Crippen molar-refractivity contribution in [3.05, 3.63) is 59.7 Å². The highest BCUT2D eigenvalue weighted by molar-refractivity contribution is 5.49. The summed E-state index contributed by atoms with van der Waals surface area (Å²) >= 11 is 0. The molecule has 0 saturated carbocycles. The highest BCUT2D eigenvalue weighted by Gasteiger charge is 2.16. The van der Waals surface area contributed by atoms with Gasteiger partial charge in [0.2, 0.25) is 0 Å². The van der Waals surface area contributed by atoms with Crippen LogP contribution in [0.5, 0.6) is 0 Å². The molecule has 1 N–H and O–H groups in total. The Hall–Kier alpha value is -1.94. The molecule has 4 heteroatoms. The van der Waals surface area contributed by atoms with Gasteiger partial charge in [0.15, 0.2) is 0 Å². The summed E-state index contributed by atoms with van der Waals surface area (Å²) in [5.74, 6) is -0.112. The molecule has 0 amide bonds. The molecule has 1 aliphatic rings. The highest BCUT2D eigenvalue weighted by atomic mass is 19.1. The topological polar surface area (TPSA) is 28.2 Å². The number of nitrogens with zero attached hydrogens (tertiary/aromatic N) is 2. The molecule has 2 aromatic rings. The van der Waals surface area contributed by atoms with Gasteiger partial charge in [-0.25, -0.2) is 4.39 Å². The fourth-order valence-corrected chi connectivity index (χ4v) is 3.08. The highest BCUT2D eigenvalue weighted by Crippen LogP contribution is 2.26. The van der Waals surface area contributed by atoms with Gasteiger partial charge in [0.1, 0.15) is 5.82 Å². The van der Waals surface area contributed by atoms with Crippen LogP contribution in [-0.2, 0) is 6.54 Å². The van der Waals surface area contributed by atoms with Gasteiger partial charge in [-0.3, -0.25) is 4.98 Å². The van der Waals surface area contributed by atoms with Crippen LogP contribution in [0.15, 0.2) is 42.7 Å². The van der Waals surface area contributed by atoms with Gasteiger partial charge in [0.25, 0.3) is 0 Å². The van der Waals surface area contributed by atoms with Crippen LogP contribution in [-0.4, -0.2) is 18.1 Å². The first-order valence-electron chi connectivity index (χ1n) is 8.41. The number of hydrogen-bond acceptors (Lipinski definition) is 3. The van der Waals surface area contributed by atoms with Gasteiger partial charge in [0, 0.05) is 38.1 Å². The van der Waals surface area contributed by atoms with E-state index in [4.69, 9.17) is 0 Å². The summed E-state index contributed by atoms with van der Waals surface area (Å²) in [4.78, 5) is 6.27. The Labute approximate surface area is 137 Å². The molecule has 0 spiro atoms. The van der Waals surface area contributed by atoms with Crippen molar-refractivity contribution in [2.45, 2.75) is 38.8 Å². The molecule has 3 rings (SSSR count). The second-order valence-electron chi connectivity index (χ2n) is 6.22. The van der Waals surface area contributed by atoms with Gasteiger partial charge in [-0.15, -0.1) is 0 Å². The van der Waals surface area contributed by atoms with E-state index in [1.165, 1.54) is 6.42 Å². The third kappa shape index (κ3) is 4.08. The molecule has 1 saturated heterocycles. The van der Waals surface area contributed by atoms with Crippen LogP contribution in [0, 0.1) is 5.82 Å². The molecule has 122 valence electrons. The van der Waals surface area contributed by atoms with Crippen molar-refractivity contribution in [3.8, 4) is 0 Å². The summed E-state index contributed by atoms with van der Waals surface area (Å²) in [6.45, 7) is 4.71. The molecule has 23 heavy (non-hydrogen) atoms. The number of aromatic nitrogens is 1. The zero-order chi connectivity index (χ0) is 16.1. The third-order valence-corrected chi connectivity index (χ3v) is 4.50. The summed E-state index contributed by atoms with van der Waals surface area (Å²) in [7, 11) is 0. The predicted molar refractivity (Wildman–Crippen MR) is 92.0 cm³/mol. The van der Waals surface area contributed by atoms with Gasteiger partial charge < -0.3 is 10.2 Å². The Morgan fingerprint density at radius 3 is 2.74 bits per heavy atom. The first-order chi connectivity index (χ1) is 11.2. The molecule has 3 nitrogen and oxygen atoms in total. The number of rotatable bonds is 5. The number of anilines is 1. The van der Waals surface area contributed by atoms with E-state index in [9.17, 15) is 4.39 Å². The van der Waals surface area contributed by atoms with Crippen LogP contribution in [0.2, 0.25) is 0 Å². The normalized spacial score (nSPS) is 16.3. The summed E-state index contributed by atoms with van der Waals surface area (Å²) in [5, 5.41) is 3.42. The van der Waals surface area contributed by atoms with Crippen LogP contribution < -0.4 is 10.2 Å².